The maximum atomic E-state index is 11.6. The molecule has 2 heterocycles. The molecule has 0 aliphatic carbocycles. The summed E-state index contributed by atoms with van der Waals surface area (Å²) in [4.78, 5) is 22.8. The van der Waals surface area contributed by atoms with Crippen molar-refractivity contribution in [2.45, 2.75) is 26.3 Å². The number of amides is 1. The number of nitrogens with two attached hydrogens (primary N) is 1. The summed E-state index contributed by atoms with van der Waals surface area (Å²) in [5.74, 6) is -0.138. The molecular weight excluding hydrogens is 232 g/mol. The Morgan fingerprint density at radius 1 is 1.50 bits per heavy atom. The van der Waals surface area contributed by atoms with Crippen LogP contribution in [0.3, 0.4) is 0 Å². The zero-order chi connectivity index (χ0) is 13.1. The lowest BCUT2D eigenvalue weighted by atomic mass is 10.00. The molecule has 0 spiro atoms. The molecule has 0 radical (unpaired) electrons. The van der Waals surface area contributed by atoms with Gasteiger partial charge in [-0.05, 0) is 25.7 Å². The van der Waals surface area contributed by atoms with Gasteiger partial charge in [-0.15, -0.1) is 0 Å². The van der Waals surface area contributed by atoms with Crippen LogP contribution in [0, 0.1) is 12.8 Å². The van der Waals surface area contributed by atoms with Gasteiger partial charge in [-0.3, -0.25) is 9.59 Å². The van der Waals surface area contributed by atoms with Gasteiger partial charge in [0.15, 0.2) is 5.43 Å². The minimum Gasteiger partial charge on any atom is -0.381 e. The SMILES string of the molecule is Cc1cc(=O)c(C(N)=O)cn1CC1CCOCC1. The average molecular weight is 250 g/mol. The van der Waals surface area contributed by atoms with Gasteiger partial charge in [0, 0.05) is 37.7 Å². The molecule has 1 amide bonds. The molecule has 0 atom stereocenters. The van der Waals surface area contributed by atoms with E-state index in [1.807, 2.05) is 11.5 Å². The molecule has 98 valence electrons. The number of primary amides is 1. The van der Waals surface area contributed by atoms with Crippen LogP contribution in [0.15, 0.2) is 17.1 Å². The highest BCUT2D eigenvalue weighted by Gasteiger charge is 2.16. The van der Waals surface area contributed by atoms with Crippen molar-refractivity contribution >= 4 is 5.91 Å². The first-order valence-electron chi connectivity index (χ1n) is 6.16. The molecule has 0 saturated carbocycles. The molecule has 2 N–H and O–H groups in total. The lowest BCUT2D eigenvalue weighted by Gasteiger charge is -2.24. The fourth-order valence-electron chi connectivity index (χ4n) is 2.26. The predicted molar refractivity (Wildman–Crippen MR) is 67.5 cm³/mol. The fraction of sp³-hybridized carbons (Fsp3) is 0.538. The van der Waals surface area contributed by atoms with Gasteiger partial charge in [0.25, 0.3) is 5.91 Å². The molecule has 5 nitrogen and oxygen atoms in total. The second kappa shape index (κ2) is 5.35. The smallest absolute Gasteiger partial charge is 0.254 e. The van der Waals surface area contributed by atoms with Crippen LogP contribution in [-0.4, -0.2) is 23.7 Å². The summed E-state index contributed by atoms with van der Waals surface area (Å²) in [5, 5.41) is 0. The van der Waals surface area contributed by atoms with Crippen molar-refractivity contribution in [3.05, 3.63) is 33.7 Å². The Morgan fingerprint density at radius 3 is 2.78 bits per heavy atom. The summed E-state index contributed by atoms with van der Waals surface area (Å²) < 4.78 is 7.26. The molecule has 1 aliphatic heterocycles. The van der Waals surface area contributed by atoms with Crippen molar-refractivity contribution in [3.63, 3.8) is 0 Å². The molecule has 5 heteroatoms. The van der Waals surface area contributed by atoms with Gasteiger partial charge in [-0.25, -0.2) is 0 Å². The van der Waals surface area contributed by atoms with Gasteiger partial charge in [0.1, 0.15) is 5.56 Å². The lowest BCUT2D eigenvalue weighted by molar-refractivity contribution is 0.0610. The van der Waals surface area contributed by atoms with Crippen molar-refractivity contribution in [3.8, 4) is 0 Å². The molecular formula is C13H18N2O3. The van der Waals surface area contributed by atoms with Crippen LogP contribution in [0.2, 0.25) is 0 Å². The Kier molecular flexibility index (Phi) is 3.81. The number of rotatable bonds is 3. The van der Waals surface area contributed by atoms with Gasteiger partial charge in [0.2, 0.25) is 0 Å². The fourth-order valence-corrected chi connectivity index (χ4v) is 2.26. The molecule has 1 aliphatic rings. The van der Waals surface area contributed by atoms with Gasteiger partial charge in [-0.1, -0.05) is 0 Å². The van der Waals surface area contributed by atoms with E-state index >= 15 is 0 Å². The van der Waals surface area contributed by atoms with Crippen LogP contribution in [0.5, 0.6) is 0 Å². The summed E-state index contributed by atoms with van der Waals surface area (Å²) >= 11 is 0. The average Bonchev–Trinajstić information content (AvgIpc) is 2.33. The number of carbonyl (C=O) groups excluding carboxylic acids is 1. The number of aryl methyl sites for hydroxylation is 1. The predicted octanol–water partition coefficient (Wildman–Crippen LogP) is 0.682. The molecule has 2 rings (SSSR count). The van der Waals surface area contributed by atoms with E-state index in [0.717, 1.165) is 38.3 Å². The molecule has 0 unspecified atom stereocenters. The van der Waals surface area contributed by atoms with E-state index in [-0.39, 0.29) is 11.0 Å². The van der Waals surface area contributed by atoms with Crippen molar-refractivity contribution in [2.75, 3.05) is 13.2 Å². The molecule has 1 aromatic rings. The highest BCUT2D eigenvalue weighted by Crippen LogP contribution is 2.17. The summed E-state index contributed by atoms with van der Waals surface area (Å²) in [5.41, 5.74) is 5.81. The third-order valence-electron chi connectivity index (χ3n) is 3.40. The Balaban J connectivity index is 2.23. The molecule has 18 heavy (non-hydrogen) atoms. The molecule has 0 aromatic carbocycles. The Hall–Kier alpha value is -1.62. The van der Waals surface area contributed by atoms with E-state index in [0.29, 0.717) is 5.92 Å². The largest absolute Gasteiger partial charge is 0.381 e. The number of nitrogens with zero attached hydrogens (tertiary/aromatic N) is 1. The third-order valence-corrected chi connectivity index (χ3v) is 3.40. The highest BCUT2D eigenvalue weighted by atomic mass is 16.5. The van der Waals surface area contributed by atoms with E-state index in [2.05, 4.69) is 0 Å². The minimum atomic E-state index is -0.666. The number of pyridine rings is 1. The van der Waals surface area contributed by atoms with Crippen molar-refractivity contribution in [1.82, 2.24) is 4.57 Å². The zero-order valence-electron chi connectivity index (χ0n) is 10.5. The number of carbonyl (C=O) groups is 1. The number of ether oxygens (including phenoxy) is 1. The topological polar surface area (TPSA) is 74.3 Å². The van der Waals surface area contributed by atoms with E-state index in [4.69, 9.17) is 10.5 Å². The first kappa shape index (κ1) is 12.8. The van der Waals surface area contributed by atoms with E-state index < -0.39 is 5.91 Å². The van der Waals surface area contributed by atoms with E-state index in [1.165, 1.54) is 6.07 Å². The first-order valence-corrected chi connectivity index (χ1v) is 6.16. The van der Waals surface area contributed by atoms with Crippen molar-refractivity contribution in [1.29, 1.82) is 0 Å². The second-order valence-electron chi connectivity index (χ2n) is 4.77. The minimum absolute atomic E-state index is 0.0626. The first-order chi connectivity index (χ1) is 8.58. The van der Waals surface area contributed by atoms with Crippen LogP contribution >= 0.6 is 0 Å². The van der Waals surface area contributed by atoms with Crippen LogP contribution < -0.4 is 11.2 Å². The second-order valence-corrected chi connectivity index (χ2v) is 4.77. The van der Waals surface area contributed by atoms with E-state index in [1.54, 1.807) is 6.20 Å². The number of hydrogen-bond acceptors (Lipinski definition) is 3. The molecule has 1 fully saturated rings. The molecule has 0 bridgehead atoms. The standard InChI is InChI=1S/C13H18N2O3/c1-9-6-12(16)11(13(14)17)8-15(9)7-10-2-4-18-5-3-10/h6,8,10H,2-5,7H2,1H3,(H2,14,17). The lowest BCUT2D eigenvalue weighted by Crippen LogP contribution is -2.26. The third kappa shape index (κ3) is 2.79. The summed E-state index contributed by atoms with van der Waals surface area (Å²) in [7, 11) is 0. The van der Waals surface area contributed by atoms with E-state index in [9.17, 15) is 9.59 Å². The van der Waals surface area contributed by atoms with Gasteiger partial charge in [-0.2, -0.15) is 0 Å². The maximum absolute atomic E-state index is 11.6. The van der Waals surface area contributed by atoms with Crippen molar-refractivity contribution < 1.29 is 9.53 Å². The van der Waals surface area contributed by atoms with Gasteiger partial charge in [0.05, 0.1) is 0 Å². The Labute approximate surface area is 106 Å². The van der Waals surface area contributed by atoms with Gasteiger partial charge < -0.3 is 15.0 Å². The van der Waals surface area contributed by atoms with Crippen LogP contribution in [0.25, 0.3) is 0 Å². The number of hydrogen-bond donors (Lipinski definition) is 1. The molecule has 1 saturated heterocycles. The Morgan fingerprint density at radius 2 is 2.17 bits per heavy atom. The number of aromatic nitrogens is 1. The van der Waals surface area contributed by atoms with Crippen molar-refractivity contribution in [2.24, 2.45) is 11.7 Å². The van der Waals surface area contributed by atoms with Crippen LogP contribution in [0.1, 0.15) is 28.9 Å². The monoisotopic (exact) mass is 250 g/mol. The summed E-state index contributed by atoms with van der Waals surface area (Å²) in [6.07, 6.45) is 3.60. The maximum Gasteiger partial charge on any atom is 0.254 e. The van der Waals surface area contributed by atoms with Gasteiger partial charge >= 0.3 is 0 Å². The molecule has 1 aromatic heterocycles. The highest BCUT2D eigenvalue weighted by molar-refractivity contribution is 5.92. The normalized spacial score (nSPS) is 16.7. The van der Waals surface area contributed by atoms with Crippen LogP contribution in [-0.2, 0) is 11.3 Å². The summed E-state index contributed by atoms with van der Waals surface area (Å²) in [6, 6.07) is 1.47. The Bertz CT molecular complexity index is 501. The zero-order valence-corrected chi connectivity index (χ0v) is 10.5. The summed E-state index contributed by atoms with van der Waals surface area (Å²) in [6.45, 7) is 4.24. The quantitative estimate of drug-likeness (QED) is 0.857. The van der Waals surface area contributed by atoms with Crippen LogP contribution in [0.4, 0.5) is 0 Å².